The van der Waals surface area contributed by atoms with Crippen LogP contribution in [0.25, 0.3) is 22.4 Å². The van der Waals surface area contributed by atoms with Gasteiger partial charge in [0.05, 0.1) is 5.52 Å². The van der Waals surface area contributed by atoms with Gasteiger partial charge < -0.3 is 10.8 Å². The van der Waals surface area contributed by atoms with Crippen LogP contribution < -0.4 is 5.73 Å². The number of fused-ring (bicyclic) bond motifs is 1. The summed E-state index contributed by atoms with van der Waals surface area (Å²) in [5.74, 6) is -0.920. The highest BCUT2D eigenvalue weighted by Gasteiger charge is 2.12. The van der Waals surface area contributed by atoms with Crippen LogP contribution in [0.2, 0.25) is 0 Å². The normalized spacial score (nSPS) is 10.6. The molecule has 0 aliphatic carbocycles. The number of nitrogens with zero attached hydrogens (tertiary/aromatic N) is 3. The fourth-order valence-corrected chi connectivity index (χ4v) is 1.87. The SMILES string of the molecule is Nc1nc(-c2ccc3ccccc3n2)ncc1C(=O)O. The van der Waals surface area contributed by atoms with E-state index in [9.17, 15) is 4.79 Å². The van der Waals surface area contributed by atoms with Crippen molar-refractivity contribution in [3.05, 3.63) is 48.2 Å². The number of rotatable bonds is 2. The third kappa shape index (κ3) is 2.03. The number of para-hydroxylation sites is 1. The molecule has 6 nitrogen and oxygen atoms in total. The van der Waals surface area contributed by atoms with Gasteiger partial charge in [-0.1, -0.05) is 24.3 Å². The van der Waals surface area contributed by atoms with Crippen LogP contribution in [0, 0.1) is 0 Å². The summed E-state index contributed by atoms with van der Waals surface area (Å²) < 4.78 is 0. The summed E-state index contributed by atoms with van der Waals surface area (Å²) >= 11 is 0. The van der Waals surface area contributed by atoms with Crippen LogP contribution in [0.1, 0.15) is 10.4 Å². The molecule has 1 aromatic carbocycles. The van der Waals surface area contributed by atoms with E-state index in [4.69, 9.17) is 10.8 Å². The van der Waals surface area contributed by atoms with E-state index < -0.39 is 5.97 Å². The molecule has 0 saturated heterocycles. The van der Waals surface area contributed by atoms with Crippen molar-refractivity contribution in [2.45, 2.75) is 0 Å². The maximum atomic E-state index is 10.9. The zero-order valence-corrected chi connectivity index (χ0v) is 10.3. The summed E-state index contributed by atoms with van der Waals surface area (Å²) in [4.78, 5) is 23.3. The predicted octanol–water partition coefficient (Wildman–Crippen LogP) is 1.97. The smallest absolute Gasteiger partial charge is 0.341 e. The number of aromatic carboxylic acids is 1. The van der Waals surface area contributed by atoms with Crippen molar-refractivity contribution < 1.29 is 9.90 Å². The zero-order chi connectivity index (χ0) is 14.1. The lowest BCUT2D eigenvalue weighted by atomic mass is 10.2. The standard InChI is InChI=1S/C14H10N4O2/c15-12-9(14(19)20)7-16-13(18-12)11-6-5-8-3-1-2-4-10(8)17-11/h1-7H,(H,19,20)(H2,15,16,18). The van der Waals surface area contributed by atoms with Crippen LogP contribution in [0.4, 0.5) is 5.82 Å². The molecule has 0 saturated carbocycles. The quantitative estimate of drug-likeness (QED) is 0.735. The Balaban J connectivity index is 2.11. The minimum Gasteiger partial charge on any atom is -0.477 e. The maximum Gasteiger partial charge on any atom is 0.341 e. The number of carboxylic acid groups (broad SMARTS) is 1. The van der Waals surface area contributed by atoms with Gasteiger partial charge in [-0.15, -0.1) is 0 Å². The fraction of sp³-hybridized carbons (Fsp3) is 0. The average Bonchev–Trinajstić information content (AvgIpc) is 2.46. The Bertz CT molecular complexity index is 817. The van der Waals surface area contributed by atoms with E-state index in [2.05, 4.69) is 15.0 Å². The maximum absolute atomic E-state index is 10.9. The van der Waals surface area contributed by atoms with Gasteiger partial charge in [0.25, 0.3) is 0 Å². The number of hydrogen-bond acceptors (Lipinski definition) is 5. The van der Waals surface area contributed by atoms with E-state index >= 15 is 0 Å². The number of carbonyl (C=O) groups is 1. The second-order valence-electron chi connectivity index (χ2n) is 4.19. The number of anilines is 1. The first-order chi connectivity index (χ1) is 9.65. The third-order valence-electron chi connectivity index (χ3n) is 2.88. The van der Waals surface area contributed by atoms with Crippen molar-refractivity contribution in [2.24, 2.45) is 0 Å². The van der Waals surface area contributed by atoms with Gasteiger partial charge in [0, 0.05) is 11.6 Å². The predicted molar refractivity (Wildman–Crippen MR) is 74.1 cm³/mol. The number of nitrogen functional groups attached to an aromatic ring is 1. The topological polar surface area (TPSA) is 102 Å². The fourth-order valence-electron chi connectivity index (χ4n) is 1.87. The van der Waals surface area contributed by atoms with E-state index in [1.165, 1.54) is 6.20 Å². The largest absolute Gasteiger partial charge is 0.477 e. The van der Waals surface area contributed by atoms with Gasteiger partial charge in [-0.2, -0.15) is 0 Å². The van der Waals surface area contributed by atoms with Crippen molar-refractivity contribution >= 4 is 22.7 Å². The van der Waals surface area contributed by atoms with Gasteiger partial charge in [-0.25, -0.2) is 19.7 Å². The van der Waals surface area contributed by atoms with E-state index in [0.29, 0.717) is 11.5 Å². The van der Waals surface area contributed by atoms with Crippen molar-refractivity contribution in [3.8, 4) is 11.5 Å². The molecule has 0 fully saturated rings. The first kappa shape index (κ1) is 12.0. The number of hydrogen-bond donors (Lipinski definition) is 2. The Morgan fingerprint density at radius 3 is 2.65 bits per heavy atom. The number of carboxylic acids is 1. The molecule has 0 bridgehead atoms. The van der Waals surface area contributed by atoms with Crippen LogP contribution >= 0.6 is 0 Å². The van der Waals surface area contributed by atoms with Gasteiger partial charge in [0.15, 0.2) is 5.82 Å². The minimum absolute atomic E-state index is 0.0718. The monoisotopic (exact) mass is 266 g/mol. The van der Waals surface area contributed by atoms with Crippen LogP contribution in [0.15, 0.2) is 42.6 Å². The number of pyridine rings is 1. The van der Waals surface area contributed by atoms with Gasteiger partial charge in [0.1, 0.15) is 17.1 Å². The molecular weight excluding hydrogens is 256 g/mol. The molecule has 3 aromatic rings. The highest BCUT2D eigenvalue weighted by molar-refractivity contribution is 5.92. The molecule has 0 radical (unpaired) electrons. The Labute approximate surface area is 113 Å². The summed E-state index contributed by atoms with van der Waals surface area (Å²) in [6.45, 7) is 0. The highest BCUT2D eigenvalue weighted by atomic mass is 16.4. The molecule has 2 heterocycles. The first-order valence-corrected chi connectivity index (χ1v) is 5.87. The Kier molecular flexibility index (Phi) is 2.76. The van der Waals surface area contributed by atoms with Crippen molar-refractivity contribution in [2.75, 3.05) is 5.73 Å². The highest BCUT2D eigenvalue weighted by Crippen LogP contribution is 2.19. The summed E-state index contributed by atoms with van der Waals surface area (Å²) in [6.07, 6.45) is 1.19. The summed E-state index contributed by atoms with van der Waals surface area (Å²) in [6, 6.07) is 11.3. The molecule has 0 spiro atoms. The molecule has 0 amide bonds. The lowest BCUT2D eigenvalue weighted by Crippen LogP contribution is -2.07. The molecular formula is C14H10N4O2. The zero-order valence-electron chi connectivity index (χ0n) is 10.3. The first-order valence-electron chi connectivity index (χ1n) is 5.87. The number of benzene rings is 1. The molecule has 0 aliphatic heterocycles. The van der Waals surface area contributed by atoms with Crippen molar-refractivity contribution in [1.82, 2.24) is 15.0 Å². The van der Waals surface area contributed by atoms with Crippen LogP contribution in [0.3, 0.4) is 0 Å². The third-order valence-corrected chi connectivity index (χ3v) is 2.88. The Hall–Kier alpha value is -3.02. The van der Waals surface area contributed by atoms with Crippen molar-refractivity contribution in [1.29, 1.82) is 0 Å². The Morgan fingerprint density at radius 2 is 1.90 bits per heavy atom. The molecule has 20 heavy (non-hydrogen) atoms. The minimum atomic E-state index is -1.15. The van der Waals surface area contributed by atoms with Gasteiger partial charge in [-0.3, -0.25) is 0 Å². The van der Waals surface area contributed by atoms with Crippen LogP contribution in [-0.2, 0) is 0 Å². The van der Waals surface area contributed by atoms with Gasteiger partial charge in [-0.05, 0) is 12.1 Å². The summed E-state index contributed by atoms with van der Waals surface area (Å²) in [7, 11) is 0. The molecule has 6 heteroatoms. The second kappa shape index (κ2) is 4.58. The van der Waals surface area contributed by atoms with E-state index in [0.717, 1.165) is 10.9 Å². The van der Waals surface area contributed by atoms with E-state index in [1.807, 2.05) is 30.3 Å². The molecule has 2 aromatic heterocycles. The van der Waals surface area contributed by atoms with Gasteiger partial charge >= 0.3 is 5.97 Å². The van der Waals surface area contributed by atoms with Crippen molar-refractivity contribution in [3.63, 3.8) is 0 Å². The lowest BCUT2D eigenvalue weighted by molar-refractivity contribution is 0.0697. The molecule has 0 aliphatic rings. The van der Waals surface area contributed by atoms with Crippen LogP contribution in [0.5, 0.6) is 0 Å². The molecule has 0 atom stereocenters. The summed E-state index contributed by atoms with van der Waals surface area (Å²) in [5, 5.41) is 9.90. The molecule has 0 unspecified atom stereocenters. The molecule has 3 N–H and O–H groups in total. The summed E-state index contributed by atoms with van der Waals surface area (Å²) in [5.41, 5.74) is 6.86. The van der Waals surface area contributed by atoms with E-state index in [1.54, 1.807) is 6.07 Å². The second-order valence-corrected chi connectivity index (χ2v) is 4.19. The van der Waals surface area contributed by atoms with E-state index in [-0.39, 0.29) is 11.4 Å². The van der Waals surface area contributed by atoms with Crippen LogP contribution in [-0.4, -0.2) is 26.0 Å². The number of nitrogens with two attached hydrogens (primary N) is 1. The lowest BCUT2D eigenvalue weighted by Gasteiger charge is -2.04. The molecule has 98 valence electrons. The average molecular weight is 266 g/mol. The molecule has 3 rings (SSSR count). The van der Waals surface area contributed by atoms with Gasteiger partial charge in [0.2, 0.25) is 0 Å². The Morgan fingerprint density at radius 1 is 1.10 bits per heavy atom. The number of aromatic nitrogens is 3.